The summed E-state index contributed by atoms with van der Waals surface area (Å²) in [7, 11) is 0. The van der Waals surface area contributed by atoms with Crippen molar-refractivity contribution in [3.8, 4) is 22.3 Å². The quantitative estimate of drug-likeness (QED) is 0.165. The van der Waals surface area contributed by atoms with Gasteiger partial charge in [-0.3, -0.25) is 0 Å². The largest absolute Gasteiger partial charge is 0.455 e. The second-order valence-corrected chi connectivity index (χ2v) is 23.1. The summed E-state index contributed by atoms with van der Waals surface area (Å²) in [5.74, 6) is 0. The Bertz CT molecular complexity index is 3500. The van der Waals surface area contributed by atoms with Crippen LogP contribution in [0.1, 0.15) is 104 Å². The minimum atomic E-state index is -0.146. The van der Waals surface area contributed by atoms with Crippen LogP contribution in [-0.2, 0) is 21.7 Å². The Labute approximate surface area is 397 Å². The van der Waals surface area contributed by atoms with Crippen molar-refractivity contribution in [2.45, 2.75) is 97.8 Å². The molecule has 0 fully saturated rings. The molecule has 1 aliphatic carbocycles. The Morgan fingerprint density at radius 2 is 0.985 bits per heavy atom. The normalized spacial score (nSPS) is 14.8. The Kier molecular flexibility index (Phi) is 8.78. The smallest absolute Gasteiger partial charge is 0.252 e. The molecule has 12 rings (SSSR count). The number of hydrogen-bond donors (Lipinski definition) is 0. The van der Waals surface area contributed by atoms with E-state index in [2.05, 4.69) is 238 Å². The molecule has 3 heterocycles. The Hall–Kier alpha value is -6.78. The van der Waals surface area contributed by atoms with Crippen LogP contribution in [0.2, 0.25) is 0 Å². The molecule has 0 amide bonds. The fourth-order valence-corrected chi connectivity index (χ4v) is 11.5. The molecule has 1 aromatic heterocycles. The first-order chi connectivity index (χ1) is 31.9. The Morgan fingerprint density at radius 1 is 0.433 bits per heavy atom. The maximum absolute atomic E-state index is 6.55. The van der Waals surface area contributed by atoms with E-state index in [1.165, 1.54) is 83.8 Å². The molecule has 9 aromatic rings. The number of benzene rings is 8. The summed E-state index contributed by atoms with van der Waals surface area (Å²) in [5, 5.41) is 2.29. The van der Waals surface area contributed by atoms with Gasteiger partial charge in [-0.05, 0) is 132 Å². The molecule has 0 atom stereocenters. The van der Waals surface area contributed by atoms with Crippen molar-refractivity contribution in [2.24, 2.45) is 0 Å². The van der Waals surface area contributed by atoms with E-state index >= 15 is 0 Å². The molecule has 0 radical (unpaired) electrons. The van der Waals surface area contributed by atoms with Crippen LogP contribution >= 0.6 is 0 Å². The molecule has 0 saturated carbocycles. The number of nitrogens with zero attached hydrogens (tertiary/aromatic N) is 2. The van der Waals surface area contributed by atoms with E-state index < -0.39 is 0 Å². The Morgan fingerprint density at radius 3 is 1.66 bits per heavy atom. The van der Waals surface area contributed by atoms with E-state index in [9.17, 15) is 0 Å². The zero-order valence-corrected chi connectivity index (χ0v) is 40.9. The zero-order valence-electron chi connectivity index (χ0n) is 40.9. The highest BCUT2D eigenvalue weighted by atomic mass is 16.3. The average Bonchev–Trinajstić information content (AvgIpc) is 3.79. The number of anilines is 6. The third kappa shape index (κ3) is 6.25. The summed E-state index contributed by atoms with van der Waals surface area (Å²) in [4.78, 5) is 5.19. The molecule has 330 valence electrons. The lowest BCUT2D eigenvalue weighted by Gasteiger charge is -2.46. The molecule has 0 saturated heterocycles. The van der Waals surface area contributed by atoms with Gasteiger partial charge < -0.3 is 14.2 Å². The number of rotatable bonds is 3. The van der Waals surface area contributed by atoms with Gasteiger partial charge in [0.25, 0.3) is 6.71 Å². The van der Waals surface area contributed by atoms with Gasteiger partial charge in [0.2, 0.25) is 0 Å². The van der Waals surface area contributed by atoms with Gasteiger partial charge in [-0.1, -0.05) is 179 Å². The number of para-hydroxylation sites is 2. The second-order valence-electron chi connectivity index (χ2n) is 23.1. The third-order valence-electron chi connectivity index (χ3n) is 15.3. The molecule has 0 unspecified atom stereocenters. The lowest BCUT2D eigenvalue weighted by atomic mass is 9.33. The van der Waals surface area contributed by atoms with Gasteiger partial charge in [-0.2, -0.15) is 0 Å². The molecule has 3 nitrogen and oxygen atoms in total. The first-order valence-corrected chi connectivity index (χ1v) is 24.2. The monoisotopic (exact) mass is 870 g/mol. The van der Waals surface area contributed by atoms with Crippen molar-refractivity contribution in [1.29, 1.82) is 0 Å². The summed E-state index contributed by atoms with van der Waals surface area (Å²) in [6.45, 7) is 25.8. The highest BCUT2D eigenvalue weighted by Gasteiger charge is 2.47. The van der Waals surface area contributed by atoms with Crippen molar-refractivity contribution in [3.63, 3.8) is 0 Å². The van der Waals surface area contributed by atoms with Crippen LogP contribution in [0.5, 0.6) is 0 Å². The molecule has 0 spiro atoms. The average molecular weight is 871 g/mol. The number of fused-ring (bicyclic) bond motifs is 10. The fourth-order valence-electron chi connectivity index (χ4n) is 11.5. The highest BCUT2D eigenvalue weighted by Crippen LogP contribution is 2.53. The molecule has 2 aliphatic heterocycles. The molecule has 0 N–H and O–H groups in total. The summed E-state index contributed by atoms with van der Waals surface area (Å²) in [6.07, 6.45) is 0. The predicted molar refractivity (Wildman–Crippen MR) is 287 cm³/mol. The highest BCUT2D eigenvalue weighted by molar-refractivity contribution is 7.00. The standard InChI is InChI=1S/C63H59BN2O/c1-60(2,3)39-25-30-43(31-26-39)66-54-37-50-48(45-17-12-14-21-49(45)63(50,10)11)36-52(54)64-51-32-27-40(61(4,5)6)33-53(51)65(55-34-41(62(7,8)9)35-56(66)58(55)64)42-28-23-38(24-29-42)44-19-16-20-47-46-18-13-15-22-57(46)67-59(44)47/h12-37H,1-11H3. The molecule has 4 heteroatoms. The first-order valence-electron chi connectivity index (χ1n) is 24.2. The van der Waals surface area contributed by atoms with E-state index in [4.69, 9.17) is 4.42 Å². The minimum Gasteiger partial charge on any atom is -0.455 e. The number of furan rings is 1. The minimum absolute atomic E-state index is 0.00511. The van der Waals surface area contributed by atoms with Crippen molar-refractivity contribution in [1.82, 2.24) is 0 Å². The summed E-state index contributed by atoms with van der Waals surface area (Å²) < 4.78 is 6.55. The van der Waals surface area contributed by atoms with E-state index in [0.717, 1.165) is 38.8 Å². The van der Waals surface area contributed by atoms with Gasteiger partial charge >= 0.3 is 0 Å². The van der Waals surface area contributed by atoms with Crippen LogP contribution in [0.4, 0.5) is 34.1 Å². The molecule has 67 heavy (non-hydrogen) atoms. The fraction of sp³-hybridized carbons (Fsp3) is 0.238. The van der Waals surface area contributed by atoms with Crippen molar-refractivity contribution in [3.05, 3.63) is 186 Å². The van der Waals surface area contributed by atoms with E-state index in [1.54, 1.807) is 0 Å². The van der Waals surface area contributed by atoms with Gasteiger partial charge in [-0.25, -0.2) is 0 Å². The Balaban J connectivity index is 1.14. The number of hydrogen-bond acceptors (Lipinski definition) is 3. The van der Waals surface area contributed by atoms with Gasteiger partial charge in [0, 0.05) is 55.9 Å². The van der Waals surface area contributed by atoms with E-state index in [-0.39, 0.29) is 28.4 Å². The lowest BCUT2D eigenvalue weighted by Crippen LogP contribution is -2.61. The van der Waals surface area contributed by atoms with Crippen LogP contribution < -0.4 is 26.2 Å². The summed E-state index contributed by atoms with van der Waals surface area (Å²) in [6, 6.07) is 60.1. The van der Waals surface area contributed by atoms with Crippen LogP contribution in [-0.4, -0.2) is 6.71 Å². The van der Waals surface area contributed by atoms with Crippen molar-refractivity contribution in [2.75, 3.05) is 9.80 Å². The SMILES string of the molecule is CC(C)(C)c1ccc(N2c3cc4c(cc3B3c5ccc(C(C)(C)C)cc5N(c5ccc(-c6cccc7c6oc6ccccc67)cc5)c5cc(C(C)(C)C)cc2c53)-c2ccccc2C4(C)C)cc1. The third-order valence-corrected chi connectivity index (χ3v) is 15.3. The molecule has 0 bridgehead atoms. The van der Waals surface area contributed by atoms with Gasteiger partial charge in [0.15, 0.2) is 0 Å². The summed E-state index contributed by atoms with van der Waals surface area (Å²) in [5.41, 5.74) is 24.6. The summed E-state index contributed by atoms with van der Waals surface area (Å²) >= 11 is 0. The van der Waals surface area contributed by atoms with E-state index in [0.29, 0.717) is 0 Å². The second kappa shape index (κ2) is 14.1. The van der Waals surface area contributed by atoms with Crippen molar-refractivity contribution < 1.29 is 4.42 Å². The molecule has 8 aromatic carbocycles. The van der Waals surface area contributed by atoms with Gasteiger partial charge in [0.05, 0.1) is 0 Å². The van der Waals surface area contributed by atoms with Crippen LogP contribution in [0.15, 0.2) is 162 Å². The maximum atomic E-state index is 6.55. The van der Waals surface area contributed by atoms with Crippen molar-refractivity contribution >= 4 is 79.2 Å². The van der Waals surface area contributed by atoms with Crippen LogP contribution in [0.3, 0.4) is 0 Å². The molecular formula is C63H59BN2O. The van der Waals surface area contributed by atoms with Gasteiger partial charge in [0.1, 0.15) is 11.2 Å². The van der Waals surface area contributed by atoms with E-state index in [1.807, 2.05) is 6.07 Å². The van der Waals surface area contributed by atoms with Crippen LogP contribution in [0, 0.1) is 0 Å². The van der Waals surface area contributed by atoms with Gasteiger partial charge in [-0.15, -0.1) is 0 Å². The molecular weight excluding hydrogens is 812 g/mol. The zero-order chi connectivity index (χ0) is 46.5. The lowest BCUT2D eigenvalue weighted by molar-refractivity contribution is 0.589. The first kappa shape index (κ1) is 41.6. The maximum Gasteiger partial charge on any atom is 0.252 e. The topological polar surface area (TPSA) is 19.6 Å². The predicted octanol–water partition coefficient (Wildman–Crippen LogP) is 15.5. The van der Waals surface area contributed by atoms with Crippen LogP contribution in [0.25, 0.3) is 44.2 Å². The molecule has 3 aliphatic rings.